The number of nitrogens with one attached hydrogen (secondary N) is 1. The molecule has 2 aromatic rings. The number of para-hydroxylation sites is 1. The maximum atomic E-state index is 12.5. The number of carbonyl (C=O) groups excluding carboxylic acids is 2. The van der Waals surface area contributed by atoms with Crippen molar-refractivity contribution >= 4 is 18.8 Å². The number of Topliss-reactive ketones (excluding diaryl/α,β-unsaturated/α-hetero) is 1. The summed E-state index contributed by atoms with van der Waals surface area (Å²) in [6.45, 7) is 2.02. The van der Waals surface area contributed by atoms with Crippen molar-refractivity contribution in [3.05, 3.63) is 58.4 Å². The van der Waals surface area contributed by atoms with Gasteiger partial charge >= 0.3 is 7.12 Å². The number of ketones is 1. The van der Waals surface area contributed by atoms with E-state index in [1.54, 1.807) is 18.3 Å². The molecule has 0 saturated heterocycles. The van der Waals surface area contributed by atoms with Crippen LogP contribution in [0.2, 0.25) is 0 Å². The molecule has 0 unspecified atom stereocenters. The second-order valence-electron chi connectivity index (χ2n) is 6.77. The number of hydrogen-bond acceptors (Lipinski definition) is 7. The first-order chi connectivity index (χ1) is 13.4. The lowest BCUT2D eigenvalue weighted by Gasteiger charge is -2.29. The van der Waals surface area contributed by atoms with Crippen LogP contribution >= 0.6 is 0 Å². The Morgan fingerprint density at radius 2 is 2.14 bits per heavy atom. The number of carbonyl (C=O) groups is 2. The van der Waals surface area contributed by atoms with Gasteiger partial charge in [0, 0.05) is 19.3 Å². The first kappa shape index (κ1) is 20.0. The van der Waals surface area contributed by atoms with Crippen molar-refractivity contribution in [3.8, 4) is 5.75 Å². The number of hydrogen-bond donors (Lipinski definition) is 4. The van der Waals surface area contributed by atoms with Crippen molar-refractivity contribution in [2.45, 2.75) is 38.8 Å². The molecule has 8 nitrogen and oxygen atoms in total. The molecule has 0 radical (unpaired) electrons. The van der Waals surface area contributed by atoms with Crippen LogP contribution in [0.1, 0.15) is 39.7 Å². The van der Waals surface area contributed by atoms with Gasteiger partial charge in [-0.2, -0.15) is 0 Å². The second-order valence-corrected chi connectivity index (χ2v) is 6.77. The van der Waals surface area contributed by atoms with Gasteiger partial charge in [0.05, 0.1) is 23.6 Å². The maximum Gasteiger partial charge on any atom is 0.547 e. The highest BCUT2D eigenvalue weighted by Crippen LogP contribution is 2.30. The molecule has 0 fully saturated rings. The van der Waals surface area contributed by atoms with Crippen LogP contribution in [0.25, 0.3) is 0 Å². The van der Waals surface area contributed by atoms with E-state index in [9.17, 15) is 14.6 Å². The monoisotopic (exact) mass is 382 g/mol. The van der Waals surface area contributed by atoms with Crippen LogP contribution in [0.15, 0.2) is 30.5 Å². The average Bonchev–Trinajstić information content (AvgIpc) is 2.67. The molecule has 1 aromatic carbocycles. The summed E-state index contributed by atoms with van der Waals surface area (Å²) in [5, 5.41) is 13.1. The van der Waals surface area contributed by atoms with Crippen molar-refractivity contribution in [2.24, 2.45) is 11.5 Å². The van der Waals surface area contributed by atoms with E-state index in [1.165, 1.54) is 6.92 Å². The van der Waals surface area contributed by atoms with Crippen molar-refractivity contribution in [2.75, 3.05) is 0 Å². The molecular formula is C19H23BN4O4. The summed E-state index contributed by atoms with van der Waals surface area (Å²) in [5.74, 6) is -0.658. The Labute approximate surface area is 163 Å². The number of pyridine rings is 1. The summed E-state index contributed by atoms with van der Waals surface area (Å²) in [6, 6.07) is 7.04. The molecule has 6 N–H and O–H groups in total. The van der Waals surface area contributed by atoms with E-state index in [-0.39, 0.29) is 24.7 Å². The van der Waals surface area contributed by atoms with E-state index in [0.717, 1.165) is 11.1 Å². The predicted octanol–water partition coefficient (Wildman–Crippen LogP) is -0.116. The largest absolute Gasteiger partial charge is 0.547 e. The second kappa shape index (κ2) is 8.51. The van der Waals surface area contributed by atoms with Crippen LogP contribution in [0.3, 0.4) is 0 Å². The van der Waals surface area contributed by atoms with E-state index >= 15 is 0 Å². The molecule has 1 aliphatic heterocycles. The molecule has 1 atom stereocenters. The number of nitrogens with two attached hydrogens (primary N) is 2. The number of fused-ring (bicyclic) bond motifs is 1. The lowest BCUT2D eigenvalue weighted by atomic mass is 9.72. The van der Waals surface area contributed by atoms with Gasteiger partial charge in [0.25, 0.3) is 0 Å². The smallest absolute Gasteiger partial charge is 0.534 e. The number of rotatable bonds is 6. The molecule has 28 heavy (non-hydrogen) atoms. The van der Waals surface area contributed by atoms with Gasteiger partial charge in [0.1, 0.15) is 5.75 Å². The molecule has 0 aliphatic carbocycles. The lowest BCUT2D eigenvalue weighted by molar-refractivity contribution is -0.120. The molecule has 1 aliphatic rings. The standard InChI is InChI=1S/C19H23BN4O4/c1-11(25)15-4-2-3-13-7-17(20(27)28-19(13)15)24-18(26)6-12-5-14(8-21)16(9-22)23-10-12/h2-5,10,17,27H,6-9,21-22H2,1H3,(H,24,26)/t17-/m0/s1. The first-order valence-corrected chi connectivity index (χ1v) is 9.06. The summed E-state index contributed by atoms with van der Waals surface area (Å²) in [7, 11) is -1.24. The third kappa shape index (κ3) is 4.22. The van der Waals surface area contributed by atoms with E-state index in [1.807, 2.05) is 12.1 Å². The van der Waals surface area contributed by atoms with E-state index in [0.29, 0.717) is 35.5 Å². The Kier molecular flexibility index (Phi) is 6.08. The number of aromatic nitrogens is 1. The summed E-state index contributed by atoms with van der Waals surface area (Å²) >= 11 is 0. The minimum Gasteiger partial charge on any atom is -0.534 e. The van der Waals surface area contributed by atoms with Gasteiger partial charge < -0.3 is 26.5 Å². The molecule has 0 spiro atoms. The third-order valence-electron chi connectivity index (χ3n) is 4.74. The zero-order chi connectivity index (χ0) is 20.3. The highest BCUT2D eigenvalue weighted by atomic mass is 16.5. The summed E-state index contributed by atoms with van der Waals surface area (Å²) < 4.78 is 5.53. The third-order valence-corrected chi connectivity index (χ3v) is 4.74. The summed E-state index contributed by atoms with van der Waals surface area (Å²) in [5.41, 5.74) is 14.7. The molecule has 0 bridgehead atoms. The first-order valence-electron chi connectivity index (χ1n) is 9.06. The van der Waals surface area contributed by atoms with Gasteiger partial charge in [-0.3, -0.25) is 14.6 Å². The van der Waals surface area contributed by atoms with Crippen LogP contribution < -0.4 is 21.4 Å². The minimum atomic E-state index is -1.24. The normalized spacial score (nSPS) is 15.6. The molecule has 1 aromatic heterocycles. The molecule has 2 heterocycles. The summed E-state index contributed by atoms with van der Waals surface area (Å²) in [4.78, 5) is 28.4. The van der Waals surface area contributed by atoms with Gasteiger partial charge in [-0.1, -0.05) is 18.2 Å². The van der Waals surface area contributed by atoms with Crippen LogP contribution in [-0.2, 0) is 30.7 Å². The van der Waals surface area contributed by atoms with E-state index in [2.05, 4.69) is 10.3 Å². The number of benzene rings is 1. The quantitative estimate of drug-likeness (QED) is 0.403. The fourth-order valence-electron chi connectivity index (χ4n) is 3.31. The van der Waals surface area contributed by atoms with Gasteiger partial charge in [0.15, 0.2) is 5.78 Å². The molecule has 9 heteroatoms. The Balaban J connectivity index is 1.70. The molecule has 0 saturated carbocycles. The van der Waals surface area contributed by atoms with Crippen LogP contribution in [0, 0.1) is 0 Å². The zero-order valence-electron chi connectivity index (χ0n) is 15.6. The highest BCUT2D eigenvalue weighted by Gasteiger charge is 2.37. The zero-order valence-corrected chi connectivity index (χ0v) is 15.6. The van der Waals surface area contributed by atoms with E-state index in [4.69, 9.17) is 16.1 Å². The average molecular weight is 382 g/mol. The van der Waals surface area contributed by atoms with Gasteiger partial charge in [-0.15, -0.1) is 0 Å². The van der Waals surface area contributed by atoms with E-state index < -0.39 is 13.1 Å². The van der Waals surface area contributed by atoms with Crippen molar-refractivity contribution in [1.82, 2.24) is 10.3 Å². The predicted molar refractivity (Wildman–Crippen MR) is 104 cm³/mol. The SMILES string of the molecule is CC(=O)c1cccc2c1OB(O)[C@@H](NC(=O)Cc1cnc(CN)c(CN)c1)C2. The molecular weight excluding hydrogens is 359 g/mol. The number of amides is 1. The highest BCUT2D eigenvalue weighted by molar-refractivity contribution is 6.47. The van der Waals surface area contributed by atoms with Gasteiger partial charge in [-0.25, -0.2) is 0 Å². The molecule has 146 valence electrons. The Morgan fingerprint density at radius 3 is 2.82 bits per heavy atom. The maximum absolute atomic E-state index is 12.5. The minimum absolute atomic E-state index is 0.0917. The fraction of sp³-hybridized carbons (Fsp3) is 0.316. The van der Waals surface area contributed by atoms with Gasteiger partial charge in [-0.05, 0) is 36.1 Å². The van der Waals surface area contributed by atoms with Gasteiger partial charge in [0.2, 0.25) is 5.91 Å². The Morgan fingerprint density at radius 1 is 1.36 bits per heavy atom. The lowest BCUT2D eigenvalue weighted by Crippen LogP contribution is -2.53. The van der Waals surface area contributed by atoms with Crippen molar-refractivity contribution in [3.63, 3.8) is 0 Å². The van der Waals surface area contributed by atoms with Crippen LogP contribution in [-0.4, -0.2) is 34.8 Å². The van der Waals surface area contributed by atoms with Crippen molar-refractivity contribution in [1.29, 1.82) is 0 Å². The Bertz CT molecular complexity index is 905. The van der Waals surface area contributed by atoms with Crippen LogP contribution in [0.4, 0.5) is 0 Å². The fourth-order valence-corrected chi connectivity index (χ4v) is 3.31. The van der Waals surface area contributed by atoms with Crippen molar-refractivity contribution < 1.29 is 19.3 Å². The topological polar surface area (TPSA) is 141 Å². The number of nitrogens with zero attached hydrogens (tertiary/aromatic N) is 1. The van der Waals surface area contributed by atoms with Crippen LogP contribution in [0.5, 0.6) is 5.75 Å². The summed E-state index contributed by atoms with van der Waals surface area (Å²) in [6.07, 6.45) is 2.05. The molecule has 3 rings (SSSR count). The Hall–Kier alpha value is -2.75. The molecule has 1 amide bonds.